The third-order valence-corrected chi connectivity index (χ3v) is 2.00. The lowest BCUT2D eigenvalue weighted by atomic mass is 10.3. The summed E-state index contributed by atoms with van der Waals surface area (Å²) in [4.78, 5) is 24.3. The summed E-state index contributed by atoms with van der Waals surface area (Å²) < 4.78 is 1.39. The van der Waals surface area contributed by atoms with Crippen LogP contribution in [0.1, 0.15) is 19.8 Å². The van der Waals surface area contributed by atoms with Gasteiger partial charge in [-0.25, -0.2) is 4.79 Å². The van der Waals surface area contributed by atoms with E-state index in [-0.39, 0.29) is 5.56 Å². The van der Waals surface area contributed by atoms with Crippen molar-refractivity contribution in [2.45, 2.75) is 19.8 Å². The number of hydrogen-bond acceptors (Lipinski definition) is 3. The van der Waals surface area contributed by atoms with Gasteiger partial charge >= 0.3 is 5.69 Å². The van der Waals surface area contributed by atoms with Gasteiger partial charge in [-0.1, -0.05) is 13.3 Å². The molecular formula is C9H15N3O2. The van der Waals surface area contributed by atoms with E-state index < -0.39 is 5.69 Å². The molecule has 0 amide bonds. The monoisotopic (exact) mass is 197 g/mol. The number of nitrogens with zero attached hydrogens (tertiary/aromatic N) is 1. The summed E-state index contributed by atoms with van der Waals surface area (Å²) in [5, 5.41) is 3.04. The molecule has 0 fully saturated rings. The maximum absolute atomic E-state index is 11.2. The molecule has 0 saturated heterocycles. The highest BCUT2D eigenvalue weighted by atomic mass is 16.2. The Hall–Kier alpha value is -1.52. The number of nitrogens with one attached hydrogen (secondary N) is 2. The molecule has 2 N–H and O–H groups in total. The molecule has 1 aromatic heterocycles. The van der Waals surface area contributed by atoms with Gasteiger partial charge in [-0.3, -0.25) is 14.3 Å². The van der Waals surface area contributed by atoms with Crippen molar-refractivity contribution >= 4 is 5.82 Å². The van der Waals surface area contributed by atoms with Crippen molar-refractivity contribution in [2.24, 2.45) is 7.05 Å². The van der Waals surface area contributed by atoms with Gasteiger partial charge < -0.3 is 5.32 Å². The first-order valence-electron chi connectivity index (χ1n) is 4.69. The van der Waals surface area contributed by atoms with Crippen molar-refractivity contribution in [2.75, 3.05) is 11.9 Å². The van der Waals surface area contributed by atoms with Crippen LogP contribution in [0.15, 0.2) is 15.7 Å². The average Bonchev–Trinajstić information content (AvgIpc) is 2.13. The lowest BCUT2D eigenvalue weighted by Crippen LogP contribution is -2.29. The first-order valence-corrected chi connectivity index (χ1v) is 4.69. The molecule has 0 atom stereocenters. The summed E-state index contributed by atoms with van der Waals surface area (Å²) in [5.74, 6) is 0.562. The van der Waals surface area contributed by atoms with Crippen LogP contribution in [0, 0.1) is 0 Å². The molecule has 1 aromatic rings. The van der Waals surface area contributed by atoms with Crippen molar-refractivity contribution in [3.8, 4) is 0 Å². The molecule has 78 valence electrons. The van der Waals surface area contributed by atoms with E-state index in [9.17, 15) is 9.59 Å². The van der Waals surface area contributed by atoms with Gasteiger partial charge in [0.25, 0.3) is 5.56 Å². The maximum atomic E-state index is 11.2. The Kier molecular flexibility index (Phi) is 3.50. The molecule has 14 heavy (non-hydrogen) atoms. The van der Waals surface area contributed by atoms with Crippen LogP contribution in [0.3, 0.4) is 0 Å². The predicted molar refractivity (Wildman–Crippen MR) is 55.7 cm³/mol. The molecule has 0 unspecified atom stereocenters. The van der Waals surface area contributed by atoms with Gasteiger partial charge in [-0.05, 0) is 6.42 Å². The maximum Gasteiger partial charge on any atom is 0.329 e. The van der Waals surface area contributed by atoms with Crippen LogP contribution in [0.25, 0.3) is 0 Å². The summed E-state index contributed by atoms with van der Waals surface area (Å²) in [6.07, 6.45) is 2.09. The summed E-state index contributed by atoms with van der Waals surface area (Å²) in [6.45, 7) is 2.85. The van der Waals surface area contributed by atoms with E-state index in [1.54, 1.807) is 7.05 Å². The number of H-pyrrole nitrogens is 1. The molecule has 0 radical (unpaired) electrons. The van der Waals surface area contributed by atoms with Crippen LogP contribution in [-0.4, -0.2) is 16.1 Å². The Morgan fingerprint density at radius 3 is 2.86 bits per heavy atom. The highest BCUT2D eigenvalue weighted by Gasteiger charge is 1.99. The Morgan fingerprint density at radius 1 is 1.50 bits per heavy atom. The minimum absolute atomic E-state index is 0.368. The summed E-state index contributed by atoms with van der Waals surface area (Å²) >= 11 is 0. The molecule has 0 bridgehead atoms. The molecular weight excluding hydrogens is 182 g/mol. The molecule has 1 heterocycles. The Bertz CT molecular complexity index is 405. The van der Waals surface area contributed by atoms with Crippen molar-refractivity contribution in [3.63, 3.8) is 0 Å². The second-order valence-corrected chi connectivity index (χ2v) is 3.16. The van der Waals surface area contributed by atoms with Gasteiger partial charge in [0.2, 0.25) is 0 Å². The highest BCUT2D eigenvalue weighted by Crippen LogP contribution is 1.98. The fourth-order valence-corrected chi connectivity index (χ4v) is 1.12. The first-order chi connectivity index (χ1) is 6.65. The van der Waals surface area contributed by atoms with Gasteiger partial charge in [-0.15, -0.1) is 0 Å². The second-order valence-electron chi connectivity index (χ2n) is 3.16. The van der Waals surface area contributed by atoms with Crippen LogP contribution in [0.2, 0.25) is 0 Å². The van der Waals surface area contributed by atoms with Crippen LogP contribution in [0.5, 0.6) is 0 Å². The topological polar surface area (TPSA) is 66.9 Å². The van der Waals surface area contributed by atoms with E-state index >= 15 is 0 Å². The Balaban J connectivity index is 2.86. The molecule has 5 nitrogen and oxygen atoms in total. The summed E-state index contributed by atoms with van der Waals surface area (Å²) in [7, 11) is 1.62. The molecule has 0 aromatic carbocycles. The van der Waals surface area contributed by atoms with E-state index in [1.165, 1.54) is 10.6 Å². The minimum Gasteiger partial charge on any atom is -0.371 e. The van der Waals surface area contributed by atoms with Crippen LogP contribution in [-0.2, 0) is 7.05 Å². The Morgan fingerprint density at radius 2 is 2.21 bits per heavy atom. The van der Waals surface area contributed by atoms with Crippen molar-refractivity contribution in [1.82, 2.24) is 9.55 Å². The van der Waals surface area contributed by atoms with Gasteiger partial charge in [0.1, 0.15) is 5.82 Å². The van der Waals surface area contributed by atoms with Crippen LogP contribution in [0.4, 0.5) is 5.82 Å². The lowest BCUT2D eigenvalue weighted by molar-refractivity contribution is 0.777. The van der Waals surface area contributed by atoms with E-state index in [4.69, 9.17) is 0 Å². The Labute approximate surface area is 81.8 Å². The quantitative estimate of drug-likeness (QED) is 0.681. The van der Waals surface area contributed by atoms with Gasteiger partial charge in [0.15, 0.2) is 0 Å². The van der Waals surface area contributed by atoms with Gasteiger partial charge in [0.05, 0.1) is 0 Å². The normalized spacial score (nSPS) is 10.1. The van der Waals surface area contributed by atoms with Crippen LogP contribution < -0.4 is 16.6 Å². The molecule has 0 spiro atoms. The van der Waals surface area contributed by atoms with Crippen molar-refractivity contribution in [3.05, 3.63) is 26.9 Å². The second kappa shape index (κ2) is 4.64. The number of aromatic nitrogens is 2. The third kappa shape index (κ3) is 2.48. The molecule has 0 saturated carbocycles. The van der Waals surface area contributed by atoms with E-state index in [0.29, 0.717) is 5.82 Å². The summed E-state index contributed by atoms with van der Waals surface area (Å²) in [6, 6.07) is 1.39. The molecule has 0 aliphatic heterocycles. The smallest absolute Gasteiger partial charge is 0.329 e. The number of hydrogen-bond donors (Lipinski definition) is 2. The number of unbranched alkanes of at least 4 members (excludes halogenated alkanes) is 1. The van der Waals surface area contributed by atoms with Gasteiger partial charge in [0, 0.05) is 19.7 Å². The SMILES string of the molecule is CCCCNc1cc(=O)[nH]c(=O)n1C. The summed E-state index contributed by atoms with van der Waals surface area (Å²) in [5.41, 5.74) is -0.761. The number of rotatable bonds is 4. The fraction of sp³-hybridized carbons (Fsp3) is 0.556. The van der Waals surface area contributed by atoms with Crippen molar-refractivity contribution < 1.29 is 0 Å². The molecule has 5 heteroatoms. The number of aromatic amines is 1. The average molecular weight is 197 g/mol. The largest absolute Gasteiger partial charge is 0.371 e. The van der Waals surface area contributed by atoms with Crippen molar-refractivity contribution in [1.29, 1.82) is 0 Å². The van der Waals surface area contributed by atoms with E-state index in [0.717, 1.165) is 19.4 Å². The zero-order valence-electron chi connectivity index (χ0n) is 8.46. The van der Waals surface area contributed by atoms with E-state index in [2.05, 4.69) is 17.2 Å². The lowest BCUT2D eigenvalue weighted by Gasteiger charge is -2.08. The minimum atomic E-state index is -0.392. The standard InChI is InChI=1S/C9H15N3O2/c1-3-4-5-10-7-6-8(13)11-9(14)12(7)2/h6,10H,3-5H2,1-2H3,(H,11,13,14). The highest BCUT2D eigenvalue weighted by molar-refractivity contribution is 5.33. The molecule has 0 aliphatic carbocycles. The first kappa shape index (κ1) is 10.6. The third-order valence-electron chi connectivity index (χ3n) is 2.00. The van der Waals surface area contributed by atoms with Crippen LogP contribution >= 0.6 is 0 Å². The zero-order valence-corrected chi connectivity index (χ0v) is 8.46. The molecule has 1 rings (SSSR count). The fourth-order valence-electron chi connectivity index (χ4n) is 1.12. The predicted octanol–water partition coefficient (Wildman–Crippen LogP) is 0.286. The van der Waals surface area contributed by atoms with E-state index in [1.807, 2.05) is 0 Å². The number of anilines is 1. The molecule has 0 aliphatic rings. The zero-order chi connectivity index (χ0) is 10.6. The van der Waals surface area contributed by atoms with Gasteiger partial charge in [-0.2, -0.15) is 0 Å².